The fourth-order valence-electron chi connectivity index (χ4n) is 5.01. The Kier molecular flexibility index (Phi) is 6.73. The number of carbonyl (C=O) groups excluding carboxylic acids is 1. The van der Waals surface area contributed by atoms with Crippen LogP contribution in [0, 0.1) is 11.2 Å². The van der Waals surface area contributed by atoms with E-state index >= 15 is 0 Å². The van der Waals surface area contributed by atoms with Crippen LogP contribution in [0.25, 0.3) is 11.1 Å². The average Bonchev–Trinajstić information content (AvgIpc) is 3.65. The lowest BCUT2D eigenvalue weighted by molar-refractivity contribution is -0.129. The van der Waals surface area contributed by atoms with E-state index in [2.05, 4.69) is 23.1 Å². The molecule has 0 atom stereocenters. The summed E-state index contributed by atoms with van der Waals surface area (Å²) in [6.45, 7) is 3.29. The van der Waals surface area contributed by atoms with E-state index in [0.717, 1.165) is 46.6 Å². The van der Waals surface area contributed by atoms with Gasteiger partial charge >= 0.3 is 0 Å². The molecule has 182 valence electrons. The summed E-state index contributed by atoms with van der Waals surface area (Å²) in [5.41, 5.74) is 11.8. The Morgan fingerprint density at radius 1 is 0.914 bits per heavy atom. The van der Waals surface area contributed by atoms with Crippen molar-refractivity contribution in [2.75, 3.05) is 18.0 Å². The standard InChI is InChI=1S/C29H31FN2O3/c30-26-13-21(17-31)11-24(15-26)25-12-22(18-35-28-4-2-1-3-23(28)19-34-20-33)14-27(16-25)32-9-7-29(5-6-29)8-10-32/h1-4,11-16,20H,5-10,17-19,31H2. The van der Waals surface area contributed by atoms with Crippen molar-refractivity contribution in [2.45, 2.75) is 45.4 Å². The number of para-hydroxylation sites is 1. The van der Waals surface area contributed by atoms with Crippen molar-refractivity contribution in [3.05, 3.63) is 83.2 Å². The van der Waals surface area contributed by atoms with E-state index in [0.29, 0.717) is 24.2 Å². The minimum atomic E-state index is -0.288. The molecule has 0 radical (unpaired) electrons. The summed E-state index contributed by atoms with van der Waals surface area (Å²) in [6, 6.07) is 18.9. The van der Waals surface area contributed by atoms with E-state index in [-0.39, 0.29) is 19.0 Å². The summed E-state index contributed by atoms with van der Waals surface area (Å²) in [5.74, 6) is 0.384. The molecule has 6 heteroatoms. The van der Waals surface area contributed by atoms with E-state index in [1.165, 1.54) is 31.7 Å². The molecule has 3 aromatic rings. The molecule has 1 spiro atoms. The number of nitrogens with zero attached hydrogens (tertiary/aromatic N) is 1. The van der Waals surface area contributed by atoms with Gasteiger partial charge in [0.15, 0.2) is 0 Å². The third-order valence-corrected chi connectivity index (χ3v) is 7.32. The molecule has 1 aliphatic carbocycles. The second-order valence-electron chi connectivity index (χ2n) is 9.73. The van der Waals surface area contributed by atoms with Crippen LogP contribution in [0.1, 0.15) is 42.4 Å². The number of nitrogens with two attached hydrogens (primary N) is 1. The smallest absolute Gasteiger partial charge is 0.293 e. The highest BCUT2D eigenvalue weighted by Crippen LogP contribution is 2.54. The fourth-order valence-corrected chi connectivity index (χ4v) is 5.01. The second kappa shape index (κ2) is 10.1. The first-order valence-electron chi connectivity index (χ1n) is 12.2. The number of ether oxygens (including phenoxy) is 2. The lowest BCUT2D eigenvalue weighted by Crippen LogP contribution is -2.34. The Morgan fingerprint density at radius 2 is 1.66 bits per heavy atom. The highest BCUT2D eigenvalue weighted by Gasteiger charge is 2.44. The van der Waals surface area contributed by atoms with Gasteiger partial charge in [0, 0.05) is 30.9 Å². The highest BCUT2D eigenvalue weighted by molar-refractivity contribution is 5.70. The van der Waals surface area contributed by atoms with Gasteiger partial charge in [0.25, 0.3) is 6.47 Å². The van der Waals surface area contributed by atoms with Crippen LogP contribution in [0.3, 0.4) is 0 Å². The number of benzene rings is 3. The fraction of sp³-hybridized carbons (Fsp3) is 0.345. The molecule has 2 fully saturated rings. The molecule has 1 saturated carbocycles. The molecule has 3 aromatic carbocycles. The van der Waals surface area contributed by atoms with E-state index < -0.39 is 0 Å². The molecule has 35 heavy (non-hydrogen) atoms. The van der Waals surface area contributed by atoms with Crippen molar-refractivity contribution >= 4 is 12.2 Å². The molecular weight excluding hydrogens is 443 g/mol. The quantitative estimate of drug-likeness (QED) is 0.410. The summed E-state index contributed by atoms with van der Waals surface area (Å²) < 4.78 is 25.4. The molecular formula is C29H31FN2O3. The Bertz CT molecular complexity index is 1200. The molecule has 0 aromatic heterocycles. The van der Waals surface area contributed by atoms with Crippen LogP contribution in [0.4, 0.5) is 10.1 Å². The summed E-state index contributed by atoms with van der Waals surface area (Å²) in [4.78, 5) is 13.1. The summed E-state index contributed by atoms with van der Waals surface area (Å²) in [5, 5.41) is 0. The summed E-state index contributed by atoms with van der Waals surface area (Å²) >= 11 is 0. The van der Waals surface area contributed by atoms with Crippen molar-refractivity contribution in [1.29, 1.82) is 0 Å². The zero-order chi connectivity index (χ0) is 24.3. The molecule has 1 heterocycles. The second-order valence-corrected chi connectivity index (χ2v) is 9.73. The number of hydrogen-bond acceptors (Lipinski definition) is 5. The van der Waals surface area contributed by atoms with Gasteiger partial charge in [-0.3, -0.25) is 4.79 Å². The minimum Gasteiger partial charge on any atom is -0.488 e. The molecule has 0 unspecified atom stereocenters. The van der Waals surface area contributed by atoms with Crippen LogP contribution in [0.2, 0.25) is 0 Å². The SMILES string of the molecule is NCc1cc(F)cc(-c2cc(COc3ccccc3COC=O)cc(N3CCC4(CC3)CC4)c2)c1. The predicted octanol–water partition coefficient (Wildman–Crippen LogP) is 5.58. The monoisotopic (exact) mass is 474 g/mol. The van der Waals surface area contributed by atoms with Crippen molar-refractivity contribution in [3.8, 4) is 16.9 Å². The van der Waals surface area contributed by atoms with Crippen LogP contribution in [-0.2, 0) is 29.3 Å². The maximum atomic E-state index is 14.3. The van der Waals surface area contributed by atoms with E-state index in [9.17, 15) is 9.18 Å². The van der Waals surface area contributed by atoms with Gasteiger partial charge in [-0.25, -0.2) is 4.39 Å². The molecule has 2 N–H and O–H groups in total. The third kappa shape index (κ3) is 5.49. The van der Waals surface area contributed by atoms with E-state index in [1.54, 1.807) is 6.07 Å². The number of anilines is 1. The number of rotatable bonds is 9. The Morgan fingerprint density at radius 3 is 2.40 bits per heavy atom. The highest BCUT2D eigenvalue weighted by atomic mass is 19.1. The lowest BCUT2D eigenvalue weighted by Gasteiger charge is -2.34. The number of halogens is 1. The van der Waals surface area contributed by atoms with Crippen LogP contribution >= 0.6 is 0 Å². The molecule has 5 nitrogen and oxygen atoms in total. The van der Waals surface area contributed by atoms with Crippen LogP contribution < -0.4 is 15.4 Å². The van der Waals surface area contributed by atoms with Gasteiger partial charge in [-0.15, -0.1) is 0 Å². The molecule has 1 aliphatic heterocycles. The molecule has 0 amide bonds. The zero-order valence-electron chi connectivity index (χ0n) is 19.8. The van der Waals surface area contributed by atoms with E-state index in [1.807, 2.05) is 30.3 Å². The van der Waals surface area contributed by atoms with Gasteiger partial charge in [-0.05, 0) is 95.8 Å². The molecule has 2 aliphatic rings. The van der Waals surface area contributed by atoms with Gasteiger partial charge in [0.05, 0.1) is 0 Å². The number of hydrogen-bond donors (Lipinski definition) is 1. The summed E-state index contributed by atoms with van der Waals surface area (Å²) in [6.07, 6.45) is 5.17. The molecule has 1 saturated heterocycles. The predicted molar refractivity (Wildman–Crippen MR) is 134 cm³/mol. The Labute approximate surface area is 205 Å². The normalized spacial score (nSPS) is 16.2. The maximum absolute atomic E-state index is 14.3. The van der Waals surface area contributed by atoms with Gasteiger partial charge < -0.3 is 20.1 Å². The third-order valence-electron chi connectivity index (χ3n) is 7.32. The molecule has 0 bridgehead atoms. The first kappa shape index (κ1) is 23.4. The van der Waals surface area contributed by atoms with Crippen molar-refractivity contribution in [2.24, 2.45) is 11.1 Å². The Hall–Kier alpha value is -3.38. The topological polar surface area (TPSA) is 64.8 Å². The van der Waals surface area contributed by atoms with Gasteiger partial charge in [-0.1, -0.05) is 18.2 Å². The first-order chi connectivity index (χ1) is 17.1. The van der Waals surface area contributed by atoms with Gasteiger partial charge in [0.1, 0.15) is 24.8 Å². The largest absolute Gasteiger partial charge is 0.488 e. The van der Waals surface area contributed by atoms with E-state index in [4.69, 9.17) is 15.2 Å². The van der Waals surface area contributed by atoms with Crippen LogP contribution in [0.15, 0.2) is 60.7 Å². The first-order valence-corrected chi connectivity index (χ1v) is 12.2. The molecule has 5 rings (SSSR count). The van der Waals surface area contributed by atoms with Gasteiger partial charge in [0.2, 0.25) is 0 Å². The minimum absolute atomic E-state index is 0.158. The van der Waals surface area contributed by atoms with Crippen molar-refractivity contribution < 1.29 is 18.7 Å². The lowest BCUT2D eigenvalue weighted by atomic mass is 9.92. The zero-order valence-corrected chi connectivity index (χ0v) is 19.8. The van der Waals surface area contributed by atoms with Gasteiger partial charge in [-0.2, -0.15) is 0 Å². The Balaban J connectivity index is 1.44. The average molecular weight is 475 g/mol. The summed E-state index contributed by atoms with van der Waals surface area (Å²) in [7, 11) is 0. The van der Waals surface area contributed by atoms with Crippen molar-refractivity contribution in [1.82, 2.24) is 0 Å². The van der Waals surface area contributed by atoms with Crippen LogP contribution in [-0.4, -0.2) is 19.6 Å². The number of carbonyl (C=O) groups is 1. The van der Waals surface area contributed by atoms with Crippen molar-refractivity contribution in [3.63, 3.8) is 0 Å². The number of piperidine rings is 1. The maximum Gasteiger partial charge on any atom is 0.293 e. The van der Waals surface area contributed by atoms with Crippen LogP contribution in [0.5, 0.6) is 5.75 Å².